The predicted octanol–water partition coefficient (Wildman–Crippen LogP) is 2.22. The Kier molecular flexibility index (Phi) is 8.05. The van der Waals surface area contributed by atoms with Crippen molar-refractivity contribution in [2.75, 3.05) is 50.8 Å². The fourth-order valence-electron chi connectivity index (χ4n) is 6.22. The van der Waals surface area contributed by atoms with Gasteiger partial charge in [-0.1, -0.05) is 0 Å². The van der Waals surface area contributed by atoms with Crippen LogP contribution >= 0.6 is 0 Å². The van der Waals surface area contributed by atoms with Crippen LogP contribution in [0, 0.1) is 5.92 Å². The van der Waals surface area contributed by atoms with Gasteiger partial charge in [0.2, 0.25) is 11.8 Å². The number of aliphatic hydroxyl groups excluding tert-OH is 1. The number of benzene rings is 1. The van der Waals surface area contributed by atoms with Crippen LogP contribution < -0.4 is 10.2 Å². The summed E-state index contributed by atoms with van der Waals surface area (Å²) in [6, 6.07) is 6.07. The van der Waals surface area contributed by atoms with Crippen LogP contribution in [-0.2, 0) is 21.4 Å². The molecule has 4 heterocycles. The van der Waals surface area contributed by atoms with Gasteiger partial charge in [0.15, 0.2) is 0 Å². The lowest BCUT2D eigenvalue weighted by molar-refractivity contribution is -0.134. The van der Waals surface area contributed by atoms with Crippen molar-refractivity contribution in [1.29, 1.82) is 0 Å². The predicted molar refractivity (Wildman–Crippen MR) is 151 cm³/mol. The Labute approximate surface area is 235 Å². The maximum atomic E-state index is 12.6. The number of amides is 3. The Morgan fingerprint density at radius 2 is 1.88 bits per heavy atom. The molecule has 40 heavy (non-hydrogen) atoms. The molecule has 5 rings (SSSR count). The summed E-state index contributed by atoms with van der Waals surface area (Å²) in [4.78, 5) is 43.1. The van der Waals surface area contributed by atoms with E-state index in [0.29, 0.717) is 31.8 Å². The van der Waals surface area contributed by atoms with Gasteiger partial charge in [0.1, 0.15) is 5.60 Å². The maximum Gasteiger partial charge on any atom is 0.410 e. The molecule has 3 aliphatic rings. The number of aromatic nitrogens is 2. The van der Waals surface area contributed by atoms with Crippen LogP contribution in [0.5, 0.6) is 0 Å². The Morgan fingerprint density at radius 3 is 2.55 bits per heavy atom. The van der Waals surface area contributed by atoms with Crippen molar-refractivity contribution in [2.45, 2.75) is 64.0 Å². The second-order valence-electron chi connectivity index (χ2n) is 12.4. The molecule has 3 fully saturated rings. The standard InChI is InChI=1S/C29H42N6O5/c1-29(2,3)40-28(39)35-14-13-33(17-21(35)18-36)16-19-9-11-34(12-10-19)20-5-6-22-24(15-20)32(4)31-26(22)23-7-8-25(37)30-27(23)38/h5-6,15,19,21,23,36H,7-14,16-18H2,1-4H3,(H,30,37,38)/t21-,23?/m0/s1. The van der Waals surface area contributed by atoms with Crippen LogP contribution in [0.4, 0.5) is 10.5 Å². The number of carbonyl (C=O) groups excluding carboxylic acids is 3. The minimum atomic E-state index is -0.556. The third-order valence-corrected chi connectivity index (χ3v) is 8.33. The fraction of sp³-hybridized carbons (Fsp3) is 0.655. The first-order valence-electron chi connectivity index (χ1n) is 14.4. The molecule has 1 unspecified atom stereocenters. The van der Waals surface area contributed by atoms with Crippen LogP contribution in [0.2, 0.25) is 0 Å². The number of carbonyl (C=O) groups is 3. The van der Waals surface area contributed by atoms with Gasteiger partial charge in [-0.15, -0.1) is 0 Å². The Hall–Kier alpha value is -3.18. The number of nitrogens with zero attached hydrogens (tertiary/aromatic N) is 5. The number of ether oxygens (including phenoxy) is 1. The van der Waals surface area contributed by atoms with Gasteiger partial charge in [-0.05, 0) is 64.2 Å². The third-order valence-electron chi connectivity index (χ3n) is 8.33. The smallest absolute Gasteiger partial charge is 0.410 e. The number of hydrogen-bond donors (Lipinski definition) is 2. The molecule has 3 saturated heterocycles. The summed E-state index contributed by atoms with van der Waals surface area (Å²) >= 11 is 0. The number of nitrogens with one attached hydrogen (secondary N) is 1. The first-order valence-corrected chi connectivity index (χ1v) is 14.4. The van der Waals surface area contributed by atoms with Gasteiger partial charge in [0.25, 0.3) is 0 Å². The summed E-state index contributed by atoms with van der Waals surface area (Å²) in [5.74, 6) is -0.329. The van der Waals surface area contributed by atoms with Gasteiger partial charge < -0.3 is 19.6 Å². The van der Waals surface area contributed by atoms with Crippen molar-refractivity contribution in [3.8, 4) is 0 Å². The van der Waals surface area contributed by atoms with Crippen LogP contribution in [0.25, 0.3) is 10.9 Å². The highest BCUT2D eigenvalue weighted by atomic mass is 16.6. The van der Waals surface area contributed by atoms with E-state index < -0.39 is 11.5 Å². The highest BCUT2D eigenvalue weighted by Crippen LogP contribution is 2.33. The van der Waals surface area contributed by atoms with E-state index >= 15 is 0 Å². The van der Waals surface area contributed by atoms with Crippen molar-refractivity contribution in [2.24, 2.45) is 13.0 Å². The Bertz CT molecular complexity index is 1260. The number of piperazine rings is 1. The van der Waals surface area contributed by atoms with E-state index in [9.17, 15) is 19.5 Å². The zero-order chi connectivity index (χ0) is 28.6. The van der Waals surface area contributed by atoms with E-state index in [1.165, 1.54) is 0 Å². The molecule has 0 bridgehead atoms. The molecule has 0 spiro atoms. The average molecular weight is 555 g/mol. The highest BCUT2D eigenvalue weighted by Gasteiger charge is 2.35. The first-order chi connectivity index (χ1) is 19.0. The molecule has 3 aliphatic heterocycles. The summed E-state index contributed by atoms with van der Waals surface area (Å²) < 4.78 is 7.37. The highest BCUT2D eigenvalue weighted by molar-refractivity contribution is 6.02. The summed E-state index contributed by atoms with van der Waals surface area (Å²) in [5.41, 5.74) is 2.31. The number of fused-ring (bicyclic) bond motifs is 1. The number of aliphatic hydroxyl groups is 1. The summed E-state index contributed by atoms with van der Waals surface area (Å²) in [6.07, 6.45) is 2.61. The molecule has 2 aromatic rings. The van der Waals surface area contributed by atoms with Gasteiger partial charge in [-0.3, -0.25) is 24.5 Å². The number of piperidine rings is 2. The summed E-state index contributed by atoms with van der Waals surface area (Å²) in [7, 11) is 1.90. The van der Waals surface area contributed by atoms with E-state index in [-0.39, 0.29) is 30.6 Å². The fourth-order valence-corrected chi connectivity index (χ4v) is 6.22. The largest absolute Gasteiger partial charge is 0.444 e. The minimum absolute atomic E-state index is 0.0735. The lowest BCUT2D eigenvalue weighted by Crippen LogP contribution is -2.58. The van der Waals surface area contributed by atoms with Gasteiger partial charge in [0.05, 0.1) is 29.8 Å². The number of hydrogen-bond acceptors (Lipinski definition) is 8. The topological polar surface area (TPSA) is 120 Å². The van der Waals surface area contributed by atoms with E-state index in [1.807, 2.05) is 32.5 Å². The van der Waals surface area contributed by atoms with Gasteiger partial charge in [-0.25, -0.2) is 4.79 Å². The number of aryl methyl sites for hydroxylation is 1. The Morgan fingerprint density at radius 1 is 1.12 bits per heavy atom. The zero-order valence-electron chi connectivity index (χ0n) is 24.1. The molecule has 3 amide bonds. The molecule has 218 valence electrons. The molecule has 0 radical (unpaired) electrons. The zero-order valence-corrected chi connectivity index (χ0v) is 24.1. The van der Waals surface area contributed by atoms with E-state index in [0.717, 1.165) is 61.3 Å². The normalized spacial score (nSPS) is 23.5. The van der Waals surface area contributed by atoms with Gasteiger partial charge >= 0.3 is 6.09 Å². The van der Waals surface area contributed by atoms with Crippen LogP contribution in [-0.4, -0.2) is 100 Å². The quantitative estimate of drug-likeness (QED) is 0.540. The van der Waals surface area contributed by atoms with Gasteiger partial charge in [-0.2, -0.15) is 5.10 Å². The molecule has 2 N–H and O–H groups in total. The maximum absolute atomic E-state index is 12.6. The second-order valence-corrected chi connectivity index (χ2v) is 12.4. The van der Waals surface area contributed by atoms with Crippen LogP contribution in [0.1, 0.15) is 58.1 Å². The molecule has 1 aromatic carbocycles. The minimum Gasteiger partial charge on any atom is -0.444 e. The molecule has 1 aromatic heterocycles. The first kappa shape index (κ1) is 28.4. The number of anilines is 1. The second kappa shape index (κ2) is 11.4. The van der Waals surface area contributed by atoms with Crippen molar-refractivity contribution in [1.82, 2.24) is 24.9 Å². The molecule has 2 atom stereocenters. The monoisotopic (exact) mass is 554 g/mol. The molecule has 11 heteroatoms. The lowest BCUT2D eigenvalue weighted by atomic mass is 9.92. The molecule has 0 saturated carbocycles. The molecule has 0 aliphatic carbocycles. The SMILES string of the molecule is Cn1nc(C2CCC(=O)NC2=O)c2ccc(N3CCC(CN4CCN(C(=O)OC(C)(C)C)[C@H](CO)C4)CC3)cc21. The van der Waals surface area contributed by atoms with Crippen LogP contribution in [0.15, 0.2) is 18.2 Å². The van der Waals surface area contributed by atoms with E-state index in [1.54, 1.807) is 4.90 Å². The van der Waals surface area contributed by atoms with Crippen molar-refractivity contribution >= 4 is 34.5 Å². The van der Waals surface area contributed by atoms with Crippen molar-refractivity contribution in [3.63, 3.8) is 0 Å². The molecular formula is C29H42N6O5. The molecule has 11 nitrogen and oxygen atoms in total. The Balaban J connectivity index is 1.17. The van der Waals surface area contributed by atoms with E-state index in [4.69, 9.17) is 4.74 Å². The van der Waals surface area contributed by atoms with Gasteiger partial charge in [0, 0.05) is 63.8 Å². The lowest BCUT2D eigenvalue weighted by Gasteiger charge is -2.43. The summed E-state index contributed by atoms with van der Waals surface area (Å²) in [5, 5.41) is 18.0. The van der Waals surface area contributed by atoms with Crippen LogP contribution in [0.3, 0.4) is 0 Å². The summed E-state index contributed by atoms with van der Waals surface area (Å²) in [6.45, 7) is 10.4. The molecular weight excluding hydrogens is 512 g/mol. The number of rotatable bonds is 5. The van der Waals surface area contributed by atoms with Crippen molar-refractivity contribution in [3.05, 3.63) is 23.9 Å². The third kappa shape index (κ3) is 6.10. The average Bonchev–Trinajstić information content (AvgIpc) is 3.23. The number of imide groups is 1. The van der Waals surface area contributed by atoms with Crippen molar-refractivity contribution < 1.29 is 24.2 Å². The van der Waals surface area contributed by atoms with E-state index in [2.05, 4.69) is 38.4 Å².